The highest BCUT2D eigenvalue weighted by molar-refractivity contribution is 7.47. The molecule has 2 atom stereocenters. The van der Waals surface area contributed by atoms with E-state index in [0.717, 1.165) is 32.1 Å². The normalized spacial score (nSPS) is 14.8. The summed E-state index contributed by atoms with van der Waals surface area (Å²) in [5.74, 6) is -0.398. The summed E-state index contributed by atoms with van der Waals surface area (Å²) in [6.07, 6.45) is 14.9. The minimum Gasteiger partial charge on any atom is -0.463 e. The molecule has 29 heavy (non-hydrogen) atoms. The fourth-order valence-electron chi connectivity index (χ4n) is 2.50. The quantitative estimate of drug-likeness (QED) is 0.113. The number of phosphoric ester groups is 1. The fourth-order valence-corrected chi connectivity index (χ4v) is 3.28. The highest BCUT2D eigenvalue weighted by atomic mass is 31.2. The van der Waals surface area contributed by atoms with E-state index >= 15 is 0 Å². The van der Waals surface area contributed by atoms with Crippen LogP contribution in [0.4, 0.5) is 0 Å². The molecule has 0 bridgehead atoms. The van der Waals surface area contributed by atoms with Crippen molar-refractivity contribution in [3.8, 4) is 0 Å². The Morgan fingerprint density at radius 2 is 1.62 bits per heavy atom. The number of aliphatic hydroxyl groups is 1. The summed E-state index contributed by atoms with van der Waals surface area (Å²) in [6, 6.07) is 0. The van der Waals surface area contributed by atoms with Gasteiger partial charge in [-0.05, 0) is 32.1 Å². The van der Waals surface area contributed by atoms with Gasteiger partial charge in [-0.1, -0.05) is 51.2 Å². The molecule has 0 saturated heterocycles. The molecule has 0 heterocycles. The molecule has 0 aromatic rings. The van der Waals surface area contributed by atoms with Crippen molar-refractivity contribution in [2.75, 3.05) is 26.4 Å². The van der Waals surface area contributed by atoms with Crippen molar-refractivity contribution in [3.05, 3.63) is 12.2 Å². The van der Waals surface area contributed by atoms with Crippen molar-refractivity contribution < 1.29 is 33.1 Å². The van der Waals surface area contributed by atoms with E-state index in [4.69, 9.17) is 10.5 Å². The van der Waals surface area contributed by atoms with E-state index in [1.165, 1.54) is 32.1 Å². The molecule has 0 radical (unpaired) electrons. The van der Waals surface area contributed by atoms with Crippen molar-refractivity contribution >= 4 is 13.8 Å². The van der Waals surface area contributed by atoms with E-state index in [1.54, 1.807) is 0 Å². The van der Waals surface area contributed by atoms with Crippen LogP contribution in [-0.4, -0.2) is 48.4 Å². The zero-order valence-corrected chi connectivity index (χ0v) is 18.7. The molecule has 0 aliphatic heterocycles. The maximum atomic E-state index is 11.6. The van der Waals surface area contributed by atoms with E-state index in [2.05, 4.69) is 28.1 Å². The van der Waals surface area contributed by atoms with Crippen molar-refractivity contribution in [1.29, 1.82) is 0 Å². The fraction of sp³-hybridized carbons (Fsp3) is 0.850. The Balaban J connectivity index is 3.54. The number of hydrogen-bond donors (Lipinski definition) is 3. The summed E-state index contributed by atoms with van der Waals surface area (Å²) < 4.78 is 25.4. The average molecular weight is 438 g/mol. The van der Waals surface area contributed by atoms with Crippen LogP contribution in [0.3, 0.4) is 0 Å². The zero-order chi connectivity index (χ0) is 21.8. The third-order valence-corrected chi connectivity index (χ3v) is 5.12. The van der Waals surface area contributed by atoms with Gasteiger partial charge >= 0.3 is 13.8 Å². The van der Waals surface area contributed by atoms with Crippen LogP contribution in [-0.2, 0) is 23.1 Å². The molecule has 0 amide bonds. The van der Waals surface area contributed by atoms with Gasteiger partial charge in [0, 0.05) is 13.0 Å². The number of allylic oxidation sites excluding steroid dienone is 2. The van der Waals surface area contributed by atoms with Crippen molar-refractivity contribution in [3.63, 3.8) is 0 Å². The van der Waals surface area contributed by atoms with E-state index in [-0.39, 0.29) is 19.8 Å². The lowest BCUT2D eigenvalue weighted by Crippen LogP contribution is -2.23. The molecule has 9 heteroatoms. The molecule has 172 valence electrons. The highest BCUT2D eigenvalue weighted by Crippen LogP contribution is 2.42. The number of carbonyl (C=O) groups excluding carboxylic acids is 1. The SMILES string of the molecule is CCCCC/C=C/CCCCCCCC(=O)OC[C@@H](O)COP(=O)(O)OCCN. The van der Waals surface area contributed by atoms with Gasteiger partial charge in [0.2, 0.25) is 0 Å². The first-order valence-corrected chi connectivity index (χ1v) is 12.2. The molecular weight excluding hydrogens is 397 g/mol. The second-order valence-corrected chi connectivity index (χ2v) is 8.45. The molecule has 0 rings (SSSR count). The molecular formula is C20H40NO7P. The van der Waals surface area contributed by atoms with Crippen LogP contribution in [0.25, 0.3) is 0 Å². The van der Waals surface area contributed by atoms with Gasteiger partial charge in [-0.25, -0.2) is 4.57 Å². The predicted molar refractivity (Wildman–Crippen MR) is 113 cm³/mol. The summed E-state index contributed by atoms with van der Waals surface area (Å²) in [6.45, 7) is 1.39. The van der Waals surface area contributed by atoms with Gasteiger partial charge in [0.15, 0.2) is 0 Å². The Morgan fingerprint density at radius 3 is 2.28 bits per heavy atom. The smallest absolute Gasteiger partial charge is 0.463 e. The standard InChI is InChI=1S/C20H40NO7P/c1-2-3-4-5-6-7-8-9-10-11-12-13-14-20(23)26-17-19(22)18-28-29(24,25)27-16-15-21/h6-7,19,22H,2-5,8-18,21H2,1H3,(H,24,25)/b7-6+/t19-/m1/s1. The number of phosphoric acid groups is 1. The summed E-state index contributed by atoms with van der Waals surface area (Å²) in [5, 5.41) is 9.64. The first kappa shape index (κ1) is 28.2. The summed E-state index contributed by atoms with van der Waals surface area (Å²) in [4.78, 5) is 20.9. The molecule has 0 aliphatic rings. The predicted octanol–water partition coefficient (Wildman–Crippen LogP) is 3.85. The van der Waals surface area contributed by atoms with Crippen LogP contribution in [0.2, 0.25) is 0 Å². The number of hydrogen-bond acceptors (Lipinski definition) is 7. The van der Waals surface area contributed by atoms with Gasteiger partial charge in [0.05, 0.1) is 13.2 Å². The van der Waals surface area contributed by atoms with E-state index < -0.39 is 26.5 Å². The Bertz CT molecular complexity index is 474. The van der Waals surface area contributed by atoms with Gasteiger partial charge in [-0.2, -0.15) is 0 Å². The maximum Gasteiger partial charge on any atom is 0.472 e. The second-order valence-electron chi connectivity index (χ2n) is 7.00. The van der Waals surface area contributed by atoms with E-state index in [1.807, 2.05) is 0 Å². The van der Waals surface area contributed by atoms with E-state index in [0.29, 0.717) is 6.42 Å². The topological polar surface area (TPSA) is 128 Å². The third kappa shape index (κ3) is 20.3. The molecule has 4 N–H and O–H groups in total. The van der Waals surface area contributed by atoms with Crippen molar-refractivity contribution in [2.45, 2.75) is 83.7 Å². The number of ether oxygens (including phenoxy) is 1. The van der Waals surface area contributed by atoms with Gasteiger partial charge in [-0.3, -0.25) is 13.8 Å². The highest BCUT2D eigenvalue weighted by Gasteiger charge is 2.22. The Morgan fingerprint density at radius 1 is 1.00 bits per heavy atom. The number of aliphatic hydroxyl groups excluding tert-OH is 1. The molecule has 0 aromatic carbocycles. The van der Waals surface area contributed by atoms with Crippen LogP contribution in [0, 0.1) is 0 Å². The first-order chi connectivity index (χ1) is 13.9. The molecule has 1 unspecified atom stereocenters. The summed E-state index contributed by atoms with van der Waals surface area (Å²) in [7, 11) is -4.24. The lowest BCUT2D eigenvalue weighted by molar-refractivity contribution is -0.147. The molecule has 0 fully saturated rings. The lowest BCUT2D eigenvalue weighted by Gasteiger charge is -2.15. The Labute approximate surface area is 175 Å². The van der Waals surface area contributed by atoms with Gasteiger partial charge < -0.3 is 20.5 Å². The molecule has 0 aliphatic carbocycles. The minimum atomic E-state index is -4.24. The number of rotatable bonds is 20. The zero-order valence-electron chi connectivity index (χ0n) is 17.8. The average Bonchev–Trinajstić information content (AvgIpc) is 2.70. The van der Waals surface area contributed by atoms with E-state index in [9.17, 15) is 19.4 Å². The van der Waals surface area contributed by atoms with Crippen molar-refractivity contribution in [2.24, 2.45) is 5.73 Å². The van der Waals surface area contributed by atoms with Gasteiger partial charge in [0.25, 0.3) is 0 Å². The van der Waals surface area contributed by atoms with Crippen LogP contribution in [0.5, 0.6) is 0 Å². The maximum absolute atomic E-state index is 11.6. The number of carbonyl (C=O) groups is 1. The van der Waals surface area contributed by atoms with Gasteiger partial charge in [0.1, 0.15) is 12.7 Å². The molecule has 0 spiro atoms. The second kappa shape index (κ2) is 19.2. The van der Waals surface area contributed by atoms with Crippen LogP contribution < -0.4 is 5.73 Å². The molecule has 0 saturated carbocycles. The molecule has 0 aromatic heterocycles. The third-order valence-electron chi connectivity index (χ3n) is 4.13. The van der Waals surface area contributed by atoms with Crippen LogP contribution >= 0.6 is 7.82 Å². The van der Waals surface area contributed by atoms with Gasteiger partial charge in [-0.15, -0.1) is 0 Å². The largest absolute Gasteiger partial charge is 0.472 e. The summed E-state index contributed by atoms with van der Waals surface area (Å²) >= 11 is 0. The summed E-state index contributed by atoms with van der Waals surface area (Å²) in [5.41, 5.74) is 5.15. The lowest BCUT2D eigenvalue weighted by atomic mass is 10.1. The number of unbranched alkanes of at least 4 members (excludes halogenated alkanes) is 8. The monoisotopic (exact) mass is 437 g/mol. The van der Waals surface area contributed by atoms with Crippen molar-refractivity contribution in [1.82, 2.24) is 0 Å². The molecule has 8 nitrogen and oxygen atoms in total. The number of nitrogens with two attached hydrogens (primary N) is 1. The Hall–Kier alpha value is -0.760. The Kier molecular flexibility index (Phi) is 18.7. The number of esters is 1. The van der Waals surface area contributed by atoms with Crippen LogP contribution in [0.15, 0.2) is 12.2 Å². The van der Waals surface area contributed by atoms with Crippen LogP contribution in [0.1, 0.15) is 77.6 Å². The minimum absolute atomic E-state index is 0.0737. The first-order valence-electron chi connectivity index (χ1n) is 10.7.